The highest BCUT2D eigenvalue weighted by molar-refractivity contribution is 8.18. The van der Waals surface area contributed by atoms with Gasteiger partial charge >= 0.3 is 5.97 Å². The van der Waals surface area contributed by atoms with Crippen LogP contribution in [0.4, 0.5) is 4.79 Å². The molecule has 1 saturated heterocycles. The van der Waals surface area contributed by atoms with Crippen molar-refractivity contribution >= 4 is 46.6 Å². The number of amides is 2. The Morgan fingerprint density at radius 2 is 1.58 bits per heavy atom. The van der Waals surface area contributed by atoms with E-state index in [2.05, 4.69) is 0 Å². The molecule has 1 heterocycles. The Labute approximate surface area is 199 Å². The summed E-state index contributed by atoms with van der Waals surface area (Å²) < 4.78 is 5.74. The molecular weight excluding hydrogens is 462 g/mol. The monoisotopic (exact) mass is 479 g/mol. The Kier molecular flexibility index (Phi) is 6.82. The van der Waals surface area contributed by atoms with Gasteiger partial charge in [-0.2, -0.15) is 0 Å². The first kappa shape index (κ1) is 22.6. The molecular formula is C25H18ClNO5S. The van der Waals surface area contributed by atoms with Gasteiger partial charge in [0.15, 0.2) is 0 Å². The molecule has 1 N–H and O–H groups in total. The lowest BCUT2D eigenvalue weighted by molar-refractivity contribution is -0.123. The number of aromatic carboxylic acids is 1. The van der Waals surface area contributed by atoms with Crippen molar-refractivity contribution in [3.8, 4) is 5.75 Å². The highest BCUT2D eigenvalue weighted by Crippen LogP contribution is 2.33. The molecule has 1 aliphatic rings. The maximum absolute atomic E-state index is 12.7. The van der Waals surface area contributed by atoms with Gasteiger partial charge in [0.2, 0.25) is 0 Å². The van der Waals surface area contributed by atoms with Crippen LogP contribution >= 0.6 is 23.4 Å². The zero-order chi connectivity index (χ0) is 23.4. The van der Waals surface area contributed by atoms with Gasteiger partial charge in [-0.25, -0.2) is 4.79 Å². The van der Waals surface area contributed by atoms with Crippen molar-refractivity contribution in [2.75, 3.05) is 0 Å². The summed E-state index contributed by atoms with van der Waals surface area (Å²) in [4.78, 5) is 37.5. The van der Waals surface area contributed by atoms with Crippen LogP contribution in [-0.4, -0.2) is 27.1 Å². The van der Waals surface area contributed by atoms with Gasteiger partial charge in [0.05, 0.1) is 17.0 Å². The lowest BCUT2D eigenvalue weighted by Gasteiger charge is -2.12. The first-order valence-electron chi connectivity index (χ1n) is 9.94. The summed E-state index contributed by atoms with van der Waals surface area (Å²) in [6.07, 6.45) is 1.68. The van der Waals surface area contributed by atoms with E-state index in [1.165, 1.54) is 17.0 Å². The molecule has 1 aliphatic heterocycles. The van der Waals surface area contributed by atoms with Crippen molar-refractivity contribution in [2.24, 2.45) is 0 Å². The van der Waals surface area contributed by atoms with Crippen molar-refractivity contribution in [3.05, 3.63) is 105 Å². The Bertz CT molecular complexity index is 1220. The number of ether oxygens (including phenoxy) is 1. The largest absolute Gasteiger partial charge is 0.489 e. The second kappa shape index (κ2) is 9.94. The SMILES string of the molecule is O=C(O)c1ccc(COc2ccc(/C=C3\SC(=O)N(Cc4ccc(Cl)cc4)C3=O)cc2)cc1. The van der Waals surface area contributed by atoms with Gasteiger partial charge in [-0.1, -0.05) is 48.0 Å². The van der Waals surface area contributed by atoms with Crippen LogP contribution in [0.3, 0.4) is 0 Å². The molecule has 6 nitrogen and oxygen atoms in total. The third-order valence-corrected chi connectivity index (χ3v) is 6.07. The summed E-state index contributed by atoms with van der Waals surface area (Å²) in [6, 6.07) is 20.6. The number of carbonyl (C=O) groups excluding carboxylic acids is 2. The van der Waals surface area contributed by atoms with E-state index in [1.54, 1.807) is 66.7 Å². The van der Waals surface area contributed by atoms with E-state index in [0.717, 1.165) is 28.5 Å². The molecule has 2 amide bonds. The fourth-order valence-electron chi connectivity index (χ4n) is 3.13. The van der Waals surface area contributed by atoms with Gasteiger partial charge in [-0.05, 0) is 70.9 Å². The quantitative estimate of drug-likeness (QED) is 0.428. The second-order valence-electron chi connectivity index (χ2n) is 7.25. The molecule has 0 atom stereocenters. The summed E-state index contributed by atoms with van der Waals surface area (Å²) in [5.41, 5.74) is 2.66. The fraction of sp³-hybridized carbons (Fsp3) is 0.0800. The minimum atomic E-state index is -0.971. The number of halogens is 1. The summed E-state index contributed by atoms with van der Waals surface area (Å²) in [5.74, 6) is -0.670. The number of hydrogen-bond donors (Lipinski definition) is 1. The van der Waals surface area contributed by atoms with Gasteiger partial charge in [0.25, 0.3) is 11.1 Å². The van der Waals surface area contributed by atoms with Crippen molar-refractivity contribution in [2.45, 2.75) is 13.2 Å². The lowest BCUT2D eigenvalue weighted by atomic mass is 10.1. The van der Waals surface area contributed by atoms with Crippen LogP contribution < -0.4 is 4.74 Å². The average molecular weight is 480 g/mol. The first-order valence-corrected chi connectivity index (χ1v) is 11.1. The number of nitrogens with zero attached hydrogens (tertiary/aromatic N) is 1. The van der Waals surface area contributed by atoms with Crippen molar-refractivity contribution < 1.29 is 24.2 Å². The molecule has 0 bridgehead atoms. The van der Waals surface area contributed by atoms with Crippen LogP contribution in [0.25, 0.3) is 6.08 Å². The van der Waals surface area contributed by atoms with Gasteiger partial charge < -0.3 is 9.84 Å². The molecule has 0 spiro atoms. The van der Waals surface area contributed by atoms with Crippen LogP contribution in [0.2, 0.25) is 5.02 Å². The van der Waals surface area contributed by atoms with E-state index in [0.29, 0.717) is 22.3 Å². The molecule has 1 fully saturated rings. The maximum Gasteiger partial charge on any atom is 0.335 e. The molecule has 0 unspecified atom stereocenters. The second-order valence-corrected chi connectivity index (χ2v) is 8.68. The summed E-state index contributed by atoms with van der Waals surface area (Å²) in [5, 5.41) is 9.23. The molecule has 3 aromatic carbocycles. The third kappa shape index (κ3) is 5.63. The molecule has 33 heavy (non-hydrogen) atoms. The number of carboxylic acids is 1. The Morgan fingerprint density at radius 3 is 2.21 bits per heavy atom. The number of benzene rings is 3. The van der Waals surface area contributed by atoms with E-state index in [4.69, 9.17) is 21.4 Å². The maximum atomic E-state index is 12.7. The molecule has 0 saturated carbocycles. The summed E-state index contributed by atoms with van der Waals surface area (Å²) in [7, 11) is 0. The minimum absolute atomic E-state index is 0.194. The number of hydrogen-bond acceptors (Lipinski definition) is 5. The van der Waals surface area contributed by atoms with Crippen LogP contribution in [0, 0.1) is 0 Å². The van der Waals surface area contributed by atoms with E-state index < -0.39 is 5.97 Å². The molecule has 8 heteroatoms. The normalized spacial score (nSPS) is 14.7. The third-order valence-electron chi connectivity index (χ3n) is 4.91. The summed E-state index contributed by atoms with van der Waals surface area (Å²) in [6.45, 7) is 0.488. The van der Waals surface area contributed by atoms with E-state index in [1.807, 2.05) is 0 Å². The predicted molar refractivity (Wildman–Crippen MR) is 127 cm³/mol. The molecule has 0 radical (unpaired) electrons. The molecule has 166 valence electrons. The van der Waals surface area contributed by atoms with E-state index in [-0.39, 0.29) is 23.3 Å². The molecule has 4 rings (SSSR count). The lowest BCUT2D eigenvalue weighted by Crippen LogP contribution is -2.27. The number of rotatable bonds is 7. The Morgan fingerprint density at radius 1 is 0.939 bits per heavy atom. The van der Waals surface area contributed by atoms with Crippen molar-refractivity contribution in [1.82, 2.24) is 4.90 Å². The van der Waals surface area contributed by atoms with Gasteiger partial charge in [0, 0.05) is 5.02 Å². The smallest absolute Gasteiger partial charge is 0.335 e. The van der Waals surface area contributed by atoms with Crippen LogP contribution in [-0.2, 0) is 17.9 Å². The highest BCUT2D eigenvalue weighted by atomic mass is 35.5. The van der Waals surface area contributed by atoms with Gasteiger partial charge in [0.1, 0.15) is 12.4 Å². The zero-order valence-electron chi connectivity index (χ0n) is 17.2. The minimum Gasteiger partial charge on any atom is -0.489 e. The topological polar surface area (TPSA) is 83.9 Å². The zero-order valence-corrected chi connectivity index (χ0v) is 18.8. The summed E-state index contributed by atoms with van der Waals surface area (Å²) >= 11 is 6.80. The molecule has 3 aromatic rings. The van der Waals surface area contributed by atoms with Gasteiger partial charge in [-0.15, -0.1) is 0 Å². The average Bonchev–Trinajstić information content (AvgIpc) is 3.07. The van der Waals surface area contributed by atoms with E-state index in [9.17, 15) is 14.4 Å². The van der Waals surface area contributed by atoms with Crippen LogP contribution in [0.5, 0.6) is 5.75 Å². The number of imide groups is 1. The molecule has 0 aromatic heterocycles. The highest BCUT2D eigenvalue weighted by Gasteiger charge is 2.34. The number of carbonyl (C=O) groups is 3. The van der Waals surface area contributed by atoms with Gasteiger partial charge in [-0.3, -0.25) is 14.5 Å². The van der Waals surface area contributed by atoms with E-state index >= 15 is 0 Å². The fourth-order valence-corrected chi connectivity index (χ4v) is 4.09. The van der Waals surface area contributed by atoms with Crippen LogP contribution in [0.15, 0.2) is 77.7 Å². The van der Waals surface area contributed by atoms with Crippen molar-refractivity contribution in [1.29, 1.82) is 0 Å². The van der Waals surface area contributed by atoms with Crippen molar-refractivity contribution in [3.63, 3.8) is 0 Å². The number of thioether (sulfide) groups is 1. The standard InChI is InChI=1S/C25H18ClNO5S/c26-20-9-3-17(4-10-20)14-27-23(28)22(33-25(27)31)13-16-5-11-21(12-6-16)32-15-18-1-7-19(8-2-18)24(29)30/h1-13H,14-15H2,(H,29,30)/b22-13-. The predicted octanol–water partition coefficient (Wildman–Crippen LogP) is 5.85. The first-order chi connectivity index (χ1) is 15.9. The van der Waals surface area contributed by atoms with Crippen LogP contribution in [0.1, 0.15) is 27.0 Å². The number of carboxylic acid groups (broad SMARTS) is 1. The molecule has 0 aliphatic carbocycles. The Hall–Kier alpha value is -3.55. The Balaban J connectivity index is 1.37.